The van der Waals surface area contributed by atoms with Crippen LogP contribution in [0.4, 0.5) is 5.82 Å². The number of thioether (sulfide) groups is 1. The molecule has 33 heavy (non-hydrogen) atoms. The zero-order valence-electron chi connectivity index (χ0n) is 18.5. The van der Waals surface area contributed by atoms with Crippen LogP contribution in [0.5, 0.6) is 11.5 Å². The minimum atomic E-state index is -0.442. The summed E-state index contributed by atoms with van der Waals surface area (Å²) in [6.07, 6.45) is 1.79. The van der Waals surface area contributed by atoms with Gasteiger partial charge in [0.1, 0.15) is 12.4 Å². The van der Waals surface area contributed by atoms with E-state index in [0.717, 1.165) is 11.1 Å². The van der Waals surface area contributed by atoms with Gasteiger partial charge in [0.25, 0.3) is 5.56 Å². The van der Waals surface area contributed by atoms with Crippen molar-refractivity contribution < 1.29 is 14.3 Å². The van der Waals surface area contributed by atoms with Crippen LogP contribution < -0.4 is 20.3 Å². The quantitative estimate of drug-likeness (QED) is 0.292. The number of carbonyl (C=O) groups is 1. The number of methoxy groups -OCH3 is 1. The van der Waals surface area contributed by atoms with Crippen molar-refractivity contribution in [2.45, 2.75) is 30.2 Å². The Morgan fingerprint density at radius 2 is 2.06 bits per heavy atom. The number of hydrogen-bond donors (Lipinski definition) is 2. The third-order valence-electron chi connectivity index (χ3n) is 5.33. The van der Waals surface area contributed by atoms with Crippen LogP contribution in [-0.2, 0) is 10.5 Å². The first-order valence-electron chi connectivity index (χ1n) is 10.5. The molecular formula is C25H25N3O4S. The van der Waals surface area contributed by atoms with Gasteiger partial charge < -0.3 is 19.8 Å². The predicted molar refractivity (Wildman–Crippen MR) is 129 cm³/mol. The van der Waals surface area contributed by atoms with Gasteiger partial charge in [-0.05, 0) is 30.2 Å². The lowest BCUT2D eigenvalue weighted by atomic mass is 9.86. The van der Waals surface area contributed by atoms with Gasteiger partial charge in [0.05, 0.1) is 12.7 Å². The van der Waals surface area contributed by atoms with Crippen LogP contribution in [0, 0.1) is 6.92 Å². The summed E-state index contributed by atoms with van der Waals surface area (Å²) in [6, 6.07) is 13.6. The Balaban J connectivity index is 1.64. The summed E-state index contributed by atoms with van der Waals surface area (Å²) >= 11 is 1.42. The van der Waals surface area contributed by atoms with E-state index in [1.165, 1.54) is 17.3 Å². The van der Waals surface area contributed by atoms with Gasteiger partial charge in [-0.25, -0.2) is 4.98 Å². The summed E-state index contributed by atoms with van der Waals surface area (Å²) in [6.45, 7) is 6.03. The second-order valence-electron chi connectivity index (χ2n) is 7.73. The van der Waals surface area contributed by atoms with Crippen molar-refractivity contribution in [3.63, 3.8) is 0 Å². The summed E-state index contributed by atoms with van der Waals surface area (Å²) in [5.74, 6) is 1.42. The van der Waals surface area contributed by atoms with Crippen molar-refractivity contribution in [1.82, 2.24) is 9.97 Å². The third kappa shape index (κ3) is 5.12. The number of amides is 1. The van der Waals surface area contributed by atoms with Gasteiger partial charge in [-0.3, -0.25) is 9.59 Å². The average molecular weight is 464 g/mol. The van der Waals surface area contributed by atoms with Crippen molar-refractivity contribution in [3.05, 3.63) is 87.7 Å². The van der Waals surface area contributed by atoms with E-state index in [4.69, 9.17) is 9.47 Å². The first-order chi connectivity index (χ1) is 16.0. The van der Waals surface area contributed by atoms with Crippen LogP contribution in [-0.4, -0.2) is 29.6 Å². The largest absolute Gasteiger partial charge is 0.493 e. The molecule has 0 radical (unpaired) electrons. The van der Waals surface area contributed by atoms with Crippen molar-refractivity contribution >= 4 is 23.5 Å². The number of aromatic nitrogens is 2. The molecule has 0 saturated heterocycles. The number of aryl methyl sites for hydroxylation is 1. The summed E-state index contributed by atoms with van der Waals surface area (Å²) < 4.78 is 11.1. The molecule has 1 aromatic heterocycles. The molecule has 3 aromatic rings. The van der Waals surface area contributed by atoms with Crippen molar-refractivity contribution in [1.29, 1.82) is 0 Å². The van der Waals surface area contributed by atoms with E-state index in [1.54, 1.807) is 25.3 Å². The fraction of sp³-hybridized carbons (Fsp3) is 0.240. The van der Waals surface area contributed by atoms with Gasteiger partial charge in [0, 0.05) is 18.1 Å². The molecule has 1 aliphatic rings. The highest BCUT2D eigenvalue weighted by Crippen LogP contribution is 2.38. The van der Waals surface area contributed by atoms with E-state index < -0.39 is 5.92 Å². The lowest BCUT2D eigenvalue weighted by Gasteiger charge is -2.25. The van der Waals surface area contributed by atoms with E-state index >= 15 is 0 Å². The minimum Gasteiger partial charge on any atom is -0.493 e. The topological polar surface area (TPSA) is 93.3 Å². The number of anilines is 1. The molecule has 170 valence electrons. The first-order valence-corrected chi connectivity index (χ1v) is 11.5. The lowest BCUT2D eigenvalue weighted by molar-refractivity contribution is -0.116. The van der Waals surface area contributed by atoms with Crippen molar-refractivity contribution in [2.75, 3.05) is 19.0 Å². The SMILES string of the molecule is C=CCOc1ccc([C@@H]2CC(=O)Nc3nc(SCc4cccc(C)c4)[nH]c(=O)c32)cc1OC. The highest BCUT2D eigenvalue weighted by Gasteiger charge is 2.31. The lowest BCUT2D eigenvalue weighted by Crippen LogP contribution is -2.31. The van der Waals surface area contributed by atoms with E-state index in [2.05, 4.69) is 27.9 Å². The number of aromatic amines is 1. The van der Waals surface area contributed by atoms with E-state index in [9.17, 15) is 9.59 Å². The third-order valence-corrected chi connectivity index (χ3v) is 6.28. The van der Waals surface area contributed by atoms with E-state index in [-0.39, 0.29) is 17.9 Å². The number of fused-ring (bicyclic) bond motifs is 1. The molecule has 0 bridgehead atoms. The second kappa shape index (κ2) is 9.95. The summed E-state index contributed by atoms with van der Waals surface area (Å²) in [7, 11) is 1.55. The highest BCUT2D eigenvalue weighted by atomic mass is 32.2. The highest BCUT2D eigenvalue weighted by molar-refractivity contribution is 7.98. The maximum Gasteiger partial charge on any atom is 0.257 e. The summed E-state index contributed by atoms with van der Waals surface area (Å²) in [4.78, 5) is 33.0. The summed E-state index contributed by atoms with van der Waals surface area (Å²) in [5.41, 5.74) is 3.26. The number of H-pyrrole nitrogens is 1. The first kappa shape index (κ1) is 22.7. The van der Waals surface area contributed by atoms with Gasteiger partial charge in [-0.1, -0.05) is 60.3 Å². The standard InChI is InChI=1S/C25H25N3O4S/c1-4-10-32-19-9-8-17(12-20(19)31-3)18-13-21(29)26-23-22(18)24(30)28-25(27-23)33-14-16-7-5-6-15(2)11-16/h4-9,11-12,18H,1,10,13-14H2,2-3H3,(H2,26,27,28,29,30)/t18-/m0/s1. The number of nitrogens with zero attached hydrogens (tertiary/aromatic N) is 1. The van der Waals surface area contributed by atoms with Crippen LogP contribution in [0.1, 0.15) is 34.6 Å². The van der Waals surface area contributed by atoms with Crippen LogP contribution in [0.3, 0.4) is 0 Å². The molecule has 1 atom stereocenters. The van der Waals surface area contributed by atoms with Crippen LogP contribution in [0.2, 0.25) is 0 Å². The molecular weight excluding hydrogens is 438 g/mol. The van der Waals surface area contributed by atoms with E-state index in [0.29, 0.717) is 40.4 Å². The molecule has 0 saturated carbocycles. The number of carbonyl (C=O) groups excluding carboxylic acids is 1. The Kier molecular flexibility index (Phi) is 6.84. The van der Waals surface area contributed by atoms with E-state index in [1.807, 2.05) is 31.2 Å². The average Bonchev–Trinajstić information content (AvgIpc) is 2.80. The Bertz CT molecular complexity index is 1250. The monoisotopic (exact) mass is 463 g/mol. The zero-order chi connectivity index (χ0) is 23.4. The molecule has 0 spiro atoms. The number of hydrogen-bond acceptors (Lipinski definition) is 6. The molecule has 7 nitrogen and oxygen atoms in total. The normalized spacial score (nSPS) is 14.8. The van der Waals surface area contributed by atoms with Crippen molar-refractivity contribution in [3.8, 4) is 11.5 Å². The Morgan fingerprint density at radius 1 is 1.21 bits per heavy atom. The predicted octanol–water partition coefficient (Wildman–Crippen LogP) is 4.42. The molecule has 4 rings (SSSR count). The maximum absolute atomic E-state index is 13.1. The van der Waals surface area contributed by atoms with Gasteiger partial charge in [-0.15, -0.1) is 0 Å². The number of ether oxygens (including phenoxy) is 2. The zero-order valence-corrected chi connectivity index (χ0v) is 19.3. The molecule has 8 heteroatoms. The molecule has 2 N–H and O–H groups in total. The van der Waals surface area contributed by atoms with Crippen LogP contribution >= 0.6 is 11.8 Å². The smallest absolute Gasteiger partial charge is 0.257 e. The second-order valence-corrected chi connectivity index (χ2v) is 8.69. The Hall–Kier alpha value is -3.52. The van der Waals surface area contributed by atoms with Crippen molar-refractivity contribution in [2.24, 2.45) is 0 Å². The molecule has 0 unspecified atom stereocenters. The molecule has 2 heterocycles. The molecule has 1 amide bonds. The number of rotatable bonds is 8. The fourth-order valence-corrected chi connectivity index (χ4v) is 4.63. The number of nitrogens with one attached hydrogen (secondary N) is 2. The summed E-state index contributed by atoms with van der Waals surface area (Å²) in [5, 5.41) is 3.23. The van der Waals surface area contributed by atoms with Gasteiger partial charge in [-0.2, -0.15) is 0 Å². The van der Waals surface area contributed by atoms with Gasteiger partial charge >= 0.3 is 0 Å². The van der Waals surface area contributed by atoms with Gasteiger partial charge in [0.2, 0.25) is 5.91 Å². The molecule has 2 aromatic carbocycles. The minimum absolute atomic E-state index is 0.142. The maximum atomic E-state index is 13.1. The number of benzene rings is 2. The molecule has 1 aliphatic heterocycles. The van der Waals surface area contributed by atoms with Gasteiger partial charge in [0.15, 0.2) is 16.7 Å². The fourth-order valence-electron chi connectivity index (χ4n) is 3.83. The Labute approximate surface area is 196 Å². The molecule has 0 fully saturated rings. The van der Waals surface area contributed by atoms with Crippen LogP contribution in [0.15, 0.2) is 65.1 Å². The van der Waals surface area contributed by atoms with Crippen LogP contribution in [0.25, 0.3) is 0 Å². The molecule has 0 aliphatic carbocycles. The Morgan fingerprint density at radius 3 is 2.82 bits per heavy atom.